The molecule has 10 nitrogen and oxygen atoms in total. The number of anilines is 1. The highest BCUT2D eigenvalue weighted by Crippen LogP contribution is 2.60. The largest absolute Gasteiger partial charge is 0.364 e. The molecule has 1 unspecified atom stereocenters. The Hall–Kier alpha value is -3.77. The number of pyridine rings is 1. The molecule has 1 aromatic carbocycles. The first kappa shape index (κ1) is 27.4. The van der Waals surface area contributed by atoms with Crippen molar-refractivity contribution < 1.29 is 14.0 Å². The highest BCUT2D eigenvalue weighted by atomic mass is 79.9. The van der Waals surface area contributed by atoms with Crippen molar-refractivity contribution in [3.05, 3.63) is 64.2 Å². The lowest BCUT2D eigenvalue weighted by molar-refractivity contribution is -0.121. The Morgan fingerprint density at radius 2 is 1.93 bits per heavy atom. The zero-order valence-electron chi connectivity index (χ0n) is 23.2. The maximum atomic E-state index is 15.9. The van der Waals surface area contributed by atoms with Crippen LogP contribution >= 0.6 is 15.9 Å². The van der Waals surface area contributed by atoms with Crippen molar-refractivity contribution in [3.63, 3.8) is 0 Å². The van der Waals surface area contributed by atoms with Gasteiger partial charge in [-0.05, 0) is 78.7 Å². The first-order valence-corrected chi connectivity index (χ1v) is 14.3. The molecule has 12 heteroatoms. The van der Waals surface area contributed by atoms with Gasteiger partial charge in [-0.3, -0.25) is 19.2 Å². The molecule has 0 spiro atoms. The molecule has 4 aromatic rings. The van der Waals surface area contributed by atoms with Crippen molar-refractivity contribution in [1.82, 2.24) is 29.6 Å². The minimum atomic E-state index is -0.817. The Bertz CT molecular complexity index is 1710. The molecule has 2 fully saturated rings. The predicted octanol–water partition coefficient (Wildman–Crippen LogP) is 4.39. The fraction of sp³-hybridized carbons (Fsp3) is 0.379. The van der Waals surface area contributed by atoms with E-state index in [0.29, 0.717) is 33.9 Å². The summed E-state index contributed by atoms with van der Waals surface area (Å²) in [6, 6.07) is 6.83. The Labute approximate surface area is 244 Å². The van der Waals surface area contributed by atoms with Crippen LogP contribution in [-0.4, -0.2) is 59.6 Å². The van der Waals surface area contributed by atoms with Gasteiger partial charge in [0.15, 0.2) is 5.69 Å². The number of aryl methyl sites for hydroxylation is 2. The second-order valence-electron chi connectivity index (χ2n) is 11.4. The minimum Gasteiger partial charge on any atom is -0.364 e. The average Bonchev–Trinajstić information content (AvgIpc) is 3.28. The molecule has 2 amide bonds. The molecule has 3 aromatic heterocycles. The van der Waals surface area contributed by atoms with Crippen molar-refractivity contribution in [2.24, 2.45) is 11.1 Å². The van der Waals surface area contributed by atoms with Crippen LogP contribution in [0.4, 0.5) is 10.2 Å². The lowest BCUT2D eigenvalue weighted by Crippen LogP contribution is -2.48. The molecule has 41 heavy (non-hydrogen) atoms. The van der Waals surface area contributed by atoms with Crippen LogP contribution in [0.1, 0.15) is 48.6 Å². The van der Waals surface area contributed by atoms with Crippen LogP contribution in [0.5, 0.6) is 0 Å². The molecule has 212 valence electrons. The van der Waals surface area contributed by atoms with Crippen LogP contribution in [0, 0.1) is 25.1 Å². The van der Waals surface area contributed by atoms with E-state index in [1.165, 1.54) is 0 Å². The standard InChI is InChI=1S/C29H30BrFN8O2/c1-14-5-8-22(30)35-27(14)36-28(41)20-9-29(4)10-21(29)39(20)15(2)13-38-19-7-6-18(17-11-33-16(3)34-12-17)24(31)23(19)25(37-38)26(32)40/h5-8,11-12,15,20-21H,9-10,13H2,1-4H3,(H2,32,40)(H,35,36,41)/t15?,20-,21+,29-/m0/s1. The molecule has 4 atom stereocenters. The third-order valence-corrected chi connectivity index (χ3v) is 8.86. The van der Waals surface area contributed by atoms with Crippen molar-refractivity contribution >= 4 is 44.5 Å². The lowest BCUT2D eigenvalue weighted by atomic mass is 10.0. The number of amides is 2. The summed E-state index contributed by atoms with van der Waals surface area (Å²) in [7, 11) is 0. The van der Waals surface area contributed by atoms with Gasteiger partial charge in [-0.15, -0.1) is 0 Å². The number of hydrogen-bond donors (Lipinski definition) is 2. The lowest BCUT2D eigenvalue weighted by Gasteiger charge is -2.32. The van der Waals surface area contributed by atoms with Gasteiger partial charge in [-0.2, -0.15) is 5.10 Å². The van der Waals surface area contributed by atoms with E-state index in [9.17, 15) is 9.59 Å². The smallest absolute Gasteiger partial charge is 0.269 e. The number of aromatic nitrogens is 5. The summed E-state index contributed by atoms with van der Waals surface area (Å²) in [4.78, 5) is 40.9. The molecule has 6 rings (SSSR count). The maximum Gasteiger partial charge on any atom is 0.269 e. The first-order valence-electron chi connectivity index (χ1n) is 13.5. The van der Waals surface area contributed by atoms with Gasteiger partial charge in [0.1, 0.15) is 22.1 Å². The van der Waals surface area contributed by atoms with Gasteiger partial charge in [0.05, 0.1) is 23.5 Å². The molecule has 3 N–H and O–H groups in total. The van der Waals surface area contributed by atoms with Gasteiger partial charge < -0.3 is 11.1 Å². The number of rotatable bonds is 7. The second kappa shape index (κ2) is 9.95. The fourth-order valence-corrected chi connectivity index (χ4v) is 6.46. The number of nitrogens with zero attached hydrogens (tertiary/aromatic N) is 6. The van der Waals surface area contributed by atoms with E-state index < -0.39 is 11.7 Å². The van der Waals surface area contributed by atoms with Gasteiger partial charge in [0, 0.05) is 35.6 Å². The first-order chi connectivity index (χ1) is 19.5. The molecular weight excluding hydrogens is 591 g/mol. The summed E-state index contributed by atoms with van der Waals surface area (Å²) in [5.74, 6) is -0.441. The number of carbonyl (C=O) groups excluding carboxylic acids is 2. The maximum absolute atomic E-state index is 15.9. The second-order valence-corrected chi connectivity index (χ2v) is 12.2. The number of carbonyl (C=O) groups is 2. The van der Waals surface area contributed by atoms with Crippen LogP contribution in [0.25, 0.3) is 22.0 Å². The summed E-state index contributed by atoms with van der Waals surface area (Å²) in [6.45, 7) is 8.21. The predicted molar refractivity (Wildman–Crippen MR) is 155 cm³/mol. The normalized spacial score (nSPS) is 22.5. The Kier molecular flexibility index (Phi) is 6.65. The van der Waals surface area contributed by atoms with Crippen molar-refractivity contribution in [1.29, 1.82) is 0 Å². The molecule has 2 aliphatic rings. The van der Waals surface area contributed by atoms with Crippen LogP contribution in [0.2, 0.25) is 0 Å². The molecule has 1 saturated carbocycles. The third kappa shape index (κ3) is 4.78. The average molecular weight is 622 g/mol. The molecule has 0 radical (unpaired) electrons. The molecule has 1 aliphatic heterocycles. The third-order valence-electron chi connectivity index (χ3n) is 8.42. The number of hydrogen-bond acceptors (Lipinski definition) is 7. The van der Waals surface area contributed by atoms with Gasteiger partial charge in [-0.25, -0.2) is 19.3 Å². The van der Waals surface area contributed by atoms with E-state index in [-0.39, 0.29) is 46.1 Å². The van der Waals surface area contributed by atoms with Crippen LogP contribution in [0.15, 0.2) is 41.3 Å². The fourth-order valence-electron chi connectivity index (χ4n) is 6.15. The number of nitrogens with two attached hydrogens (primary N) is 1. The monoisotopic (exact) mass is 620 g/mol. The Balaban J connectivity index is 1.31. The van der Waals surface area contributed by atoms with Gasteiger partial charge in [-0.1, -0.05) is 13.0 Å². The van der Waals surface area contributed by atoms with Crippen molar-refractivity contribution in [2.75, 3.05) is 5.32 Å². The highest BCUT2D eigenvalue weighted by molar-refractivity contribution is 9.10. The number of primary amides is 1. The van der Waals surface area contributed by atoms with Crippen molar-refractivity contribution in [2.45, 2.75) is 65.2 Å². The SMILES string of the molecule is Cc1ncc(-c2ccc3c(c(C(N)=O)nn3CC(C)N3[C@H](C(=O)Nc4nc(Br)ccc4C)C[C@@]4(C)C[C@@H]34)c2F)cn1. The summed E-state index contributed by atoms with van der Waals surface area (Å²) < 4.78 is 18.2. The van der Waals surface area contributed by atoms with E-state index in [4.69, 9.17) is 5.73 Å². The topological polar surface area (TPSA) is 132 Å². The Morgan fingerprint density at radius 3 is 2.63 bits per heavy atom. The number of nitrogens with one attached hydrogen (secondary N) is 1. The Morgan fingerprint density at radius 1 is 1.20 bits per heavy atom. The van der Waals surface area contributed by atoms with E-state index in [2.05, 4.69) is 53.1 Å². The highest BCUT2D eigenvalue weighted by Gasteiger charge is 2.63. The van der Waals surface area contributed by atoms with Gasteiger partial charge in [0.2, 0.25) is 5.91 Å². The zero-order chi connectivity index (χ0) is 29.2. The van der Waals surface area contributed by atoms with Crippen LogP contribution in [-0.2, 0) is 11.3 Å². The molecule has 1 aliphatic carbocycles. The van der Waals surface area contributed by atoms with Gasteiger partial charge in [0.25, 0.3) is 5.91 Å². The van der Waals surface area contributed by atoms with Crippen molar-refractivity contribution in [3.8, 4) is 11.1 Å². The summed E-state index contributed by atoms with van der Waals surface area (Å²) >= 11 is 3.38. The van der Waals surface area contributed by atoms with Crippen LogP contribution < -0.4 is 11.1 Å². The zero-order valence-corrected chi connectivity index (χ0v) is 24.7. The van der Waals surface area contributed by atoms with Gasteiger partial charge >= 0.3 is 0 Å². The quantitative estimate of drug-likeness (QED) is 0.293. The van der Waals surface area contributed by atoms with Crippen LogP contribution in [0.3, 0.4) is 0 Å². The van der Waals surface area contributed by atoms with E-state index in [1.807, 2.05) is 26.0 Å². The number of benzene rings is 1. The molecule has 4 heterocycles. The van der Waals surface area contributed by atoms with E-state index in [1.54, 1.807) is 36.1 Å². The van der Waals surface area contributed by atoms with E-state index in [0.717, 1.165) is 18.4 Å². The summed E-state index contributed by atoms with van der Waals surface area (Å²) in [5.41, 5.74) is 7.63. The summed E-state index contributed by atoms with van der Waals surface area (Å²) in [6.07, 6.45) is 4.81. The molecular formula is C29H30BrFN8O2. The number of piperidine rings is 1. The molecule has 0 bridgehead atoms. The molecule has 1 saturated heterocycles. The minimum absolute atomic E-state index is 0.0533. The van der Waals surface area contributed by atoms with E-state index >= 15 is 4.39 Å². The number of likely N-dealkylation sites (tertiary alicyclic amines) is 1. The summed E-state index contributed by atoms with van der Waals surface area (Å²) in [5, 5.41) is 7.53. The number of fused-ring (bicyclic) bond motifs is 2. The number of halogens is 2.